The third kappa shape index (κ3) is 5.44. The van der Waals surface area contributed by atoms with Gasteiger partial charge in [-0.1, -0.05) is 32.3 Å². The number of hydrogen-bond acceptors (Lipinski definition) is 1. The van der Waals surface area contributed by atoms with Crippen molar-refractivity contribution in [3.05, 3.63) is 34.1 Å². The highest BCUT2D eigenvalue weighted by Gasteiger charge is 2.06. The Morgan fingerprint density at radius 1 is 1.29 bits per heavy atom. The number of benzene rings is 1. The third-order valence-corrected chi connectivity index (χ3v) is 3.30. The summed E-state index contributed by atoms with van der Waals surface area (Å²) >= 11 is 3.12. The zero-order valence-corrected chi connectivity index (χ0v) is 11.7. The lowest BCUT2D eigenvalue weighted by atomic mass is 10.0. The highest BCUT2D eigenvalue weighted by atomic mass is 79.9. The molecule has 0 amide bonds. The van der Waals surface area contributed by atoms with Crippen molar-refractivity contribution in [2.24, 2.45) is 0 Å². The van der Waals surface area contributed by atoms with Crippen LogP contribution in [0.1, 0.15) is 44.6 Å². The Hall–Kier alpha value is -0.700. The molecular formula is C14H18BrFO. The van der Waals surface area contributed by atoms with Crippen molar-refractivity contribution in [1.82, 2.24) is 0 Å². The van der Waals surface area contributed by atoms with E-state index in [9.17, 15) is 9.18 Å². The van der Waals surface area contributed by atoms with Crippen molar-refractivity contribution in [1.29, 1.82) is 0 Å². The maximum absolute atomic E-state index is 13.0. The largest absolute Gasteiger partial charge is 0.299 e. The van der Waals surface area contributed by atoms with Gasteiger partial charge in [0.05, 0.1) is 4.47 Å². The lowest BCUT2D eigenvalue weighted by molar-refractivity contribution is -0.118. The smallest absolute Gasteiger partial charge is 0.137 e. The predicted octanol–water partition coefficient (Wildman–Crippen LogP) is 4.67. The number of rotatable bonds is 7. The van der Waals surface area contributed by atoms with E-state index in [1.54, 1.807) is 12.1 Å². The fourth-order valence-corrected chi connectivity index (χ4v) is 2.14. The molecule has 0 atom stereocenters. The SMILES string of the molecule is CCCCCCC(=O)Cc1ccc(F)c(Br)c1. The minimum atomic E-state index is -0.288. The van der Waals surface area contributed by atoms with Crippen LogP contribution in [0.15, 0.2) is 22.7 Å². The van der Waals surface area contributed by atoms with Crippen molar-refractivity contribution in [3.8, 4) is 0 Å². The second-order valence-corrected chi connectivity index (χ2v) is 5.13. The van der Waals surface area contributed by atoms with E-state index in [0.29, 0.717) is 17.3 Å². The van der Waals surface area contributed by atoms with Crippen LogP contribution in [0.5, 0.6) is 0 Å². The van der Waals surface area contributed by atoms with Crippen LogP contribution in [0.3, 0.4) is 0 Å². The number of halogens is 2. The highest BCUT2D eigenvalue weighted by Crippen LogP contribution is 2.17. The van der Waals surface area contributed by atoms with E-state index >= 15 is 0 Å². The minimum Gasteiger partial charge on any atom is -0.299 e. The summed E-state index contributed by atoms with van der Waals surface area (Å²) in [5, 5.41) is 0. The molecule has 0 bridgehead atoms. The fourth-order valence-electron chi connectivity index (χ4n) is 1.71. The van der Waals surface area contributed by atoms with Gasteiger partial charge in [-0.15, -0.1) is 0 Å². The summed E-state index contributed by atoms with van der Waals surface area (Å²) in [7, 11) is 0. The molecule has 0 saturated heterocycles. The molecule has 0 saturated carbocycles. The van der Waals surface area contributed by atoms with Crippen molar-refractivity contribution >= 4 is 21.7 Å². The first-order chi connectivity index (χ1) is 8.13. The zero-order chi connectivity index (χ0) is 12.7. The molecule has 0 aliphatic carbocycles. The van der Waals surface area contributed by atoms with Gasteiger partial charge in [-0.05, 0) is 40.0 Å². The van der Waals surface area contributed by atoms with Crippen molar-refractivity contribution < 1.29 is 9.18 Å². The van der Waals surface area contributed by atoms with Gasteiger partial charge < -0.3 is 0 Å². The van der Waals surface area contributed by atoms with E-state index in [2.05, 4.69) is 22.9 Å². The topological polar surface area (TPSA) is 17.1 Å². The second kappa shape index (κ2) is 7.59. The van der Waals surface area contributed by atoms with Gasteiger partial charge in [-0.25, -0.2) is 4.39 Å². The minimum absolute atomic E-state index is 0.236. The average molecular weight is 301 g/mol. The lowest BCUT2D eigenvalue weighted by Crippen LogP contribution is -2.02. The Morgan fingerprint density at radius 3 is 2.71 bits per heavy atom. The number of unbranched alkanes of at least 4 members (excludes halogenated alkanes) is 3. The van der Waals surface area contributed by atoms with Gasteiger partial charge in [-0.2, -0.15) is 0 Å². The molecule has 0 radical (unpaired) electrons. The van der Waals surface area contributed by atoms with E-state index in [0.717, 1.165) is 18.4 Å². The van der Waals surface area contributed by atoms with Crippen LogP contribution in [-0.4, -0.2) is 5.78 Å². The van der Waals surface area contributed by atoms with Gasteiger partial charge in [0, 0.05) is 12.8 Å². The molecule has 0 fully saturated rings. The third-order valence-electron chi connectivity index (χ3n) is 2.69. The molecule has 17 heavy (non-hydrogen) atoms. The number of Topliss-reactive ketones (excluding diaryl/α,β-unsaturated/α-hetero) is 1. The normalized spacial score (nSPS) is 10.5. The maximum Gasteiger partial charge on any atom is 0.137 e. The molecule has 1 rings (SSSR count). The van der Waals surface area contributed by atoms with Gasteiger partial charge >= 0.3 is 0 Å². The van der Waals surface area contributed by atoms with E-state index in [-0.39, 0.29) is 11.6 Å². The quantitative estimate of drug-likeness (QED) is 0.669. The number of carbonyl (C=O) groups is 1. The van der Waals surface area contributed by atoms with Crippen LogP contribution in [0.25, 0.3) is 0 Å². The Balaban J connectivity index is 2.37. The summed E-state index contributed by atoms with van der Waals surface area (Å²) in [6.45, 7) is 2.15. The van der Waals surface area contributed by atoms with Crippen molar-refractivity contribution in [3.63, 3.8) is 0 Å². The molecule has 94 valence electrons. The first kappa shape index (κ1) is 14.4. The second-order valence-electron chi connectivity index (χ2n) is 4.27. The molecule has 0 aromatic heterocycles. The lowest BCUT2D eigenvalue weighted by Gasteiger charge is -2.03. The van der Waals surface area contributed by atoms with Crippen molar-refractivity contribution in [2.75, 3.05) is 0 Å². The molecule has 3 heteroatoms. The van der Waals surface area contributed by atoms with Crippen LogP contribution in [0, 0.1) is 5.82 Å². The molecule has 1 nitrogen and oxygen atoms in total. The first-order valence-electron chi connectivity index (χ1n) is 6.09. The average Bonchev–Trinajstić information content (AvgIpc) is 2.30. The molecule has 0 spiro atoms. The van der Waals surface area contributed by atoms with Gasteiger partial charge in [0.1, 0.15) is 11.6 Å². The predicted molar refractivity (Wildman–Crippen MR) is 71.6 cm³/mol. The summed E-state index contributed by atoms with van der Waals surface area (Å²) in [5.74, 6) is -0.0521. The standard InChI is InChI=1S/C14H18BrFO/c1-2-3-4-5-6-12(17)9-11-7-8-14(16)13(15)10-11/h7-8,10H,2-6,9H2,1H3. The Kier molecular flexibility index (Phi) is 6.41. The molecule has 1 aromatic carbocycles. The van der Waals surface area contributed by atoms with Crippen LogP contribution in [-0.2, 0) is 11.2 Å². The van der Waals surface area contributed by atoms with Crippen LogP contribution >= 0.6 is 15.9 Å². The van der Waals surface area contributed by atoms with E-state index in [1.165, 1.54) is 18.9 Å². The number of carbonyl (C=O) groups excluding carboxylic acids is 1. The first-order valence-corrected chi connectivity index (χ1v) is 6.88. The molecule has 0 aliphatic rings. The van der Waals surface area contributed by atoms with Crippen LogP contribution in [0.2, 0.25) is 0 Å². The monoisotopic (exact) mass is 300 g/mol. The number of hydrogen-bond donors (Lipinski definition) is 0. The molecule has 0 aliphatic heterocycles. The summed E-state index contributed by atoms with van der Waals surface area (Å²) in [6, 6.07) is 4.74. The molecule has 1 aromatic rings. The van der Waals surface area contributed by atoms with E-state index in [4.69, 9.17) is 0 Å². The van der Waals surface area contributed by atoms with Crippen molar-refractivity contribution in [2.45, 2.75) is 45.4 Å². The summed E-state index contributed by atoms with van der Waals surface area (Å²) in [5.41, 5.74) is 0.874. The summed E-state index contributed by atoms with van der Waals surface area (Å²) in [6.07, 6.45) is 5.50. The van der Waals surface area contributed by atoms with E-state index in [1.807, 2.05) is 0 Å². The molecular weight excluding hydrogens is 283 g/mol. The zero-order valence-electron chi connectivity index (χ0n) is 10.1. The van der Waals surface area contributed by atoms with Gasteiger partial charge in [-0.3, -0.25) is 4.79 Å². The maximum atomic E-state index is 13.0. The molecule has 0 heterocycles. The van der Waals surface area contributed by atoms with Gasteiger partial charge in [0.25, 0.3) is 0 Å². The summed E-state index contributed by atoms with van der Waals surface area (Å²) in [4.78, 5) is 11.7. The van der Waals surface area contributed by atoms with E-state index < -0.39 is 0 Å². The fraction of sp³-hybridized carbons (Fsp3) is 0.500. The van der Waals surface area contributed by atoms with Gasteiger partial charge in [0.15, 0.2) is 0 Å². The summed E-state index contributed by atoms with van der Waals surface area (Å²) < 4.78 is 13.4. The highest BCUT2D eigenvalue weighted by molar-refractivity contribution is 9.10. The Morgan fingerprint density at radius 2 is 2.06 bits per heavy atom. The van der Waals surface area contributed by atoms with Gasteiger partial charge in [0.2, 0.25) is 0 Å². The molecule has 0 unspecified atom stereocenters. The van der Waals surface area contributed by atoms with Crippen LogP contribution < -0.4 is 0 Å². The molecule has 0 N–H and O–H groups in total. The Bertz CT molecular complexity index is 376. The van der Waals surface area contributed by atoms with Crippen LogP contribution in [0.4, 0.5) is 4.39 Å². The Labute approximate surface area is 111 Å². The number of ketones is 1.